The molecule has 0 atom stereocenters. The number of nitro groups is 1. The topological polar surface area (TPSA) is 75.8 Å². The number of anilines is 1. The Kier molecular flexibility index (Phi) is 5.68. The van der Waals surface area contributed by atoms with Gasteiger partial charge in [-0.05, 0) is 25.0 Å². The molecular formula is C19H19N3O3S. The van der Waals surface area contributed by atoms with Crippen LogP contribution in [0.3, 0.4) is 0 Å². The third-order valence-electron chi connectivity index (χ3n) is 4.10. The van der Waals surface area contributed by atoms with Gasteiger partial charge < -0.3 is 4.90 Å². The van der Waals surface area contributed by atoms with E-state index in [0.717, 1.165) is 35.1 Å². The molecule has 6 nitrogen and oxygen atoms in total. The Morgan fingerprint density at radius 2 is 2.08 bits per heavy atom. The smallest absolute Gasteiger partial charge is 0.270 e. The highest BCUT2D eigenvalue weighted by atomic mass is 32.2. The molecule has 0 aliphatic carbocycles. The number of non-ortho nitro benzene ring substituents is 1. The lowest BCUT2D eigenvalue weighted by Crippen LogP contribution is -2.36. The Morgan fingerprint density at radius 1 is 1.27 bits per heavy atom. The number of carbonyl (C=O) groups is 1. The first-order valence-corrected chi connectivity index (χ1v) is 9.33. The average molecular weight is 369 g/mol. The van der Waals surface area contributed by atoms with Crippen LogP contribution in [-0.2, 0) is 0 Å². The molecule has 0 unspecified atom stereocenters. The first-order chi connectivity index (χ1) is 12.6. The molecule has 2 aromatic rings. The second-order valence-corrected chi connectivity index (χ2v) is 7.03. The number of aliphatic imine (C=N–C) groups is 1. The molecule has 1 heterocycles. The lowest BCUT2D eigenvalue weighted by atomic mass is 10.1. The van der Waals surface area contributed by atoms with Crippen LogP contribution < -0.4 is 4.90 Å². The van der Waals surface area contributed by atoms with Gasteiger partial charge >= 0.3 is 0 Å². The highest BCUT2D eigenvalue weighted by Gasteiger charge is 2.22. The summed E-state index contributed by atoms with van der Waals surface area (Å²) in [6, 6.07) is 13.7. The van der Waals surface area contributed by atoms with Gasteiger partial charge in [-0.2, -0.15) is 0 Å². The van der Waals surface area contributed by atoms with Gasteiger partial charge in [0, 0.05) is 35.7 Å². The number of ketones is 1. The quantitative estimate of drug-likeness (QED) is 0.451. The van der Waals surface area contributed by atoms with E-state index >= 15 is 0 Å². The normalized spacial score (nSPS) is 13.8. The van der Waals surface area contributed by atoms with Gasteiger partial charge in [0.1, 0.15) is 0 Å². The minimum Gasteiger partial charge on any atom is -0.313 e. The summed E-state index contributed by atoms with van der Waals surface area (Å²) in [5.74, 6) is 0.789. The van der Waals surface area contributed by atoms with Crippen molar-refractivity contribution in [2.45, 2.75) is 13.3 Å². The molecule has 3 rings (SSSR count). The fourth-order valence-electron chi connectivity index (χ4n) is 2.76. The van der Waals surface area contributed by atoms with E-state index in [1.54, 1.807) is 17.8 Å². The Morgan fingerprint density at radius 3 is 2.77 bits per heavy atom. The fourth-order valence-corrected chi connectivity index (χ4v) is 3.72. The van der Waals surface area contributed by atoms with Crippen LogP contribution in [0.5, 0.6) is 0 Å². The molecule has 0 saturated carbocycles. The summed E-state index contributed by atoms with van der Waals surface area (Å²) in [6.45, 7) is 2.84. The molecule has 7 heteroatoms. The number of aryl methyl sites for hydroxylation is 1. The van der Waals surface area contributed by atoms with Gasteiger partial charge in [0.2, 0.25) is 0 Å². The van der Waals surface area contributed by atoms with Crippen molar-refractivity contribution >= 4 is 34.1 Å². The summed E-state index contributed by atoms with van der Waals surface area (Å²) >= 11 is 1.64. The number of hydrogen-bond acceptors (Lipinski definition) is 6. The number of hydrogen-bond donors (Lipinski definition) is 0. The molecule has 134 valence electrons. The van der Waals surface area contributed by atoms with Gasteiger partial charge in [0.15, 0.2) is 11.0 Å². The minimum absolute atomic E-state index is 0.0809. The maximum atomic E-state index is 12.8. The molecule has 2 aromatic carbocycles. The number of nitro benzene ring substituents is 1. The van der Waals surface area contributed by atoms with Crippen molar-refractivity contribution in [1.82, 2.24) is 0 Å². The SMILES string of the molecule is Cc1ccccc1N(CC(=O)c1cccc([N+](=O)[O-])c1)C1=NCCCS1. The van der Waals surface area contributed by atoms with E-state index in [9.17, 15) is 14.9 Å². The first-order valence-electron chi connectivity index (χ1n) is 8.34. The number of benzene rings is 2. The predicted octanol–water partition coefficient (Wildman–Crippen LogP) is 4.09. The van der Waals surface area contributed by atoms with Gasteiger partial charge in [-0.3, -0.25) is 19.9 Å². The van der Waals surface area contributed by atoms with E-state index in [0.29, 0.717) is 5.56 Å². The Hall–Kier alpha value is -2.67. The second-order valence-electron chi connectivity index (χ2n) is 5.97. The van der Waals surface area contributed by atoms with Crippen molar-refractivity contribution in [2.24, 2.45) is 4.99 Å². The third kappa shape index (κ3) is 4.11. The van der Waals surface area contributed by atoms with Crippen molar-refractivity contribution in [3.05, 3.63) is 69.8 Å². The lowest BCUT2D eigenvalue weighted by molar-refractivity contribution is -0.384. The molecule has 0 amide bonds. The van der Waals surface area contributed by atoms with Crippen LogP contribution in [-0.4, -0.2) is 34.7 Å². The minimum atomic E-state index is -0.489. The highest BCUT2D eigenvalue weighted by Crippen LogP contribution is 2.26. The van der Waals surface area contributed by atoms with Crippen LogP contribution in [0.4, 0.5) is 11.4 Å². The van der Waals surface area contributed by atoms with Crippen molar-refractivity contribution in [3.63, 3.8) is 0 Å². The van der Waals surface area contributed by atoms with Crippen LogP contribution in [0.1, 0.15) is 22.3 Å². The van der Waals surface area contributed by atoms with Crippen LogP contribution in [0.15, 0.2) is 53.5 Å². The summed E-state index contributed by atoms with van der Waals surface area (Å²) in [6.07, 6.45) is 1.02. The molecule has 0 spiro atoms. The second kappa shape index (κ2) is 8.14. The first kappa shape index (κ1) is 18.1. The molecule has 26 heavy (non-hydrogen) atoms. The fraction of sp³-hybridized carbons (Fsp3) is 0.263. The lowest BCUT2D eigenvalue weighted by Gasteiger charge is -2.28. The number of thioether (sulfide) groups is 1. The standard InChI is InChI=1S/C19H19N3O3S/c1-14-6-2-3-9-17(14)21(19-20-10-5-11-26-19)13-18(23)15-7-4-8-16(12-15)22(24)25/h2-4,6-9,12H,5,10-11,13H2,1H3. The van der Waals surface area contributed by atoms with E-state index in [2.05, 4.69) is 4.99 Å². The number of rotatable bonds is 5. The maximum absolute atomic E-state index is 12.8. The Bertz CT molecular complexity index is 867. The molecule has 0 saturated heterocycles. The van der Waals surface area contributed by atoms with Crippen LogP contribution in [0.25, 0.3) is 0 Å². The van der Waals surface area contributed by atoms with E-state index in [-0.39, 0.29) is 18.0 Å². The molecule has 1 aliphatic rings. The molecular weight excluding hydrogens is 350 g/mol. The van der Waals surface area contributed by atoms with Crippen molar-refractivity contribution in [2.75, 3.05) is 23.7 Å². The van der Waals surface area contributed by atoms with Gasteiger partial charge in [0.05, 0.1) is 11.5 Å². The average Bonchev–Trinajstić information content (AvgIpc) is 2.67. The monoisotopic (exact) mass is 369 g/mol. The van der Waals surface area contributed by atoms with Crippen molar-refractivity contribution in [1.29, 1.82) is 0 Å². The van der Waals surface area contributed by atoms with Gasteiger partial charge in [0.25, 0.3) is 5.69 Å². The van der Waals surface area contributed by atoms with E-state index < -0.39 is 4.92 Å². The summed E-state index contributed by atoms with van der Waals surface area (Å²) in [7, 11) is 0. The number of Topliss-reactive ketones (excluding diaryl/α,β-unsaturated/α-hetero) is 1. The molecule has 0 fully saturated rings. The number of para-hydroxylation sites is 1. The Balaban J connectivity index is 1.92. The molecule has 0 N–H and O–H groups in total. The summed E-state index contributed by atoms with van der Waals surface area (Å²) in [5.41, 5.74) is 2.23. The van der Waals surface area contributed by atoms with Crippen molar-refractivity contribution in [3.8, 4) is 0 Å². The van der Waals surface area contributed by atoms with Crippen LogP contribution >= 0.6 is 11.8 Å². The van der Waals surface area contributed by atoms with E-state index in [1.165, 1.54) is 18.2 Å². The zero-order valence-electron chi connectivity index (χ0n) is 14.4. The zero-order valence-corrected chi connectivity index (χ0v) is 15.2. The molecule has 1 aliphatic heterocycles. The number of carbonyl (C=O) groups excluding carboxylic acids is 1. The van der Waals surface area contributed by atoms with E-state index in [1.807, 2.05) is 36.1 Å². The van der Waals surface area contributed by atoms with Gasteiger partial charge in [-0.15, -0.1) is 0 Å². The molecule has 0 aromatic heterocycles. The zero-order chi connectivity index (χ0) is 18.5. The van der Waals surface area contributed by atoms with Gasteiger partial charge in [-0.1, -0.05) is 42.1 Å². The third-order valence-corrected chi connectivity index (χ3v) is 5.20. The maximum Gasteiger partial charge on any atom is 0.270 e. The highest BCUT2D eigenvalue weighted by molar-refractivity contribution is 8.14. The van der Waals surface area contributed by atoms with Crippen LogP contribution in [0, 0.1) is 17.0 Å². The molecule has 0 radical (unpaired) electrons. The van der Waals surface area contributed by atoms with Crippen molar-refractivity contribution < 1.29 is 9.72 Å². The van der Waals surface area contributed by atoms with Gasteiger partial charge in [-0.25, -0.2) is 0 Å². The number of nitrogens with zero attached hydrogens (tertiary/aromatic N) is 3. The van der Waals surface area contributed by atoms with Crippen LogP contribution in [0.2, 0.25) is 0 Å². The molecule has 0 bridgehead atoms. The summed E-state index contributed by atoms with van der Waals surface area (Å²) in [5, 5.41) is 11.8. The largest absolute Gasteiger partial charge is 0.313 e. The predicted molar refractivity (Wildman–Crippen MR) is 105 cm³/mol. The number of amidine groups is 1. The Labute approximate surface area is 156 Å². The van der Waals surface area contributed by atoms with E-state index in [4.69, 9.17) is 0 Å². The summed E-state index contributed by atoms with van der Waals surface area (Å²) in [4.78, 5) is 29.8. The summed E-state index contributed by atoms with van der Waals surface area (Å²) < 4.78 is 0.